The van der Waals surface area contributed by atoms with Crippen molar-refractivity contribution in [2.24, 2.45) is 5.92 Å². The number of benzene rings is 3. The van der Waals surface area contributed by atoms with E-state index in [0.29, 0.717) is 45.3 Å². The fourth-order valence-electron chi connectivity index (χ4n) is 4.78. The van der Waals surface area contributed by atoms with Gasteiger partial charge in [-0.1, -0.05) is 60.7 Å². The van der Waals surface area contributed by atoms with Crippen molar-refractivity contribution in [3.63, 3.8) is 0 Å². The average Bonchev–Trinajstić information content (AvgIpc) is 2.94. The molecule has 1 aliphatic heterocycles. The van der Waals surface area contributed by atoms with Gasteiger partial charge in [0.2, 0.25) is 17.7 Å². The molecule has 1 aliphatic rings. The highest BCUT2D eigenvalue weighted by molar-refractivity contribution is 5.95. The molecule has 1 N–H and O–H groups in total. The first kappa shape index (κ1) is 26.1. The summed E-state index contributed by atoms with van der Waals surface area (Å²) >= 11 is 0. The molecule has 1 fully saturated rings. The van der Waals surface area contributed by atoms with E-state index in [1.54, 1.807) is 4.90 Å². The van der Waals surface area contributed by atoms with Crippen molar-refractivity contribution in [1.82, 2.24) is 4.90 Å². The van der Waals surface area contributed by atoms with Crippen LogP contribution < -0.4 is 10.2 Å². The summed E-state index contributed by atoms with van der Waals surface area (Å²) in [5.41, 5.74) is 3.68. The molecule has 0 saturated carbocycles. The molecule has 4 rings (SSSR count). The SMILES string of the molecule is CCN(C(=O)Cc1ccc(NC(=O)C2CCN(C(=O)CCc3ccccc3)CC2)cc1)c1ccccc1. The molecule has 0 atom stereocenters. The lowest BCUT2D eigenvalue weighted by atomic mass is 9.95. The summed E-state index contributed by atoms with van der Waals surface area (Å²) in [5, 5.41) is 3.00. The molecule has 0 aliphatic carbocycles. The number of aryl methyl sites for hydroxylation is 1. The van der Waals surface area contributed by atoms with Gasteiger partial charge in [-0.2, -0.15) is 0 Å². The number of rotatable bonds is 9. The molecular formula is C31H35N3O3. The fourth-order valence-corrected chi connectivity index (χ4v) is 4.78. The van der Waals surface area contributed by atoms with Gasteiger partial charge in [-0.25, -0.2) is 0 Å². The van der Waals surface area contributed by atoms with Crippen LogP contribution in [0.1, 0.15) is 37.3 Å². The quantitative estimate of drug-likeness (QED) is 0.448. The third kappa shape index (κ3) is 7.29. The van der Waals surface area contributed by atoms with E-state index in [1.165, 1.54) is 5.56 Å². The lowest BCUT2D eigenvalue weighted by molar-refractivity contribution is -0.134. The van der Waals surface area contributed by atoms with Crippen molar-refractivity contribution in [2.75, 3.05) is 29.9 Å². The van der Waals surface area contributed by atoms with Crippen LogP contribution in [0.4, 0.5) is 11.4 Å². The van der Waals surface area contributed by atoms with Crippen molar-refractivity contribution in [2.45, 2.75) is 39.0 Å². The van der Waals surface area contributed by atoms with Crippen LogP contribution in [0.5, 0.6) is 0 Å². The summed E-state index contributed by atoms with van der Waals surface area (Å²) in [5.74, 6) is 0.0715. The number of carbonyl (C=O) groups excluding carboxylic acids is 3. The second kappa shape index (κ2) is 12.9. The van der Waals surface area contributed by atoms with Crippen molar-refractivity contribution >= 4 is 29.1 Å². The van der Waals surface area contributed by atoms with E-state index in [9.17, 15) is 14.4 Å². The number of para-hydroxylation sites is 1. The zero-order valence-corrected chi connectivity index (χ0v) is 21.4. The average molecular weight is 498 g/mol. The van der Waals surface area contributed by atoms with Gasteiger partial charge in [0.25, 0.3) is 0 Å². The molecule has 0 radical (unpaired) electrons. The van der Waals surface area contributed by atoms with Crippen LogP contribution in [0.3, 0.4) is 0 Å². The Kier molecular flexibility index (Phi) is 9.08. The number of likely N-dealkylation sites (tertiary alicyclic amines) is 1. The van der Waals surface area contributed by atoms with Crippen LogP contribution in [-0.4, -0.2) is 42.3 Å². The molecule has 1 heterocycles. The third-order valence-electron chi connectivity index (χ3n) is 6.95. The maximum Gasteiger partial charge on any atom is 0.231 e. The number of piperidine rings is 1. The number of nitrogens with zero attached hydrogens (tertiary/aromatic N) is 2. The van der Waals surface area contributed by atoms with Crippen molar-refractivity contribution in [1.29, 1.82) is 0 Å². The molecule has 3 amide bonds. The second-order valence-electron chi connectivity index (χ2n) is 9.48. The Morgan fingerprint density at radius 3 is 2.08 bits per heavy atom. The Balaban J connectivity index is 1.22. The van der Waals surface area contributed by atoms with Gasteiger partial charge in [-0.15, -0.1) is 0 Å². The molecule has 0 bridgehead atoms. The van der Waals surface area contributed by atoms with E-state index in [2.05, 4.69) is 5.32 Å². The van der Waals surface area contributed by atoms with Crippen LogP contribution in [0.15, 0.2) is 84.9 Å². The molecule has 1 saturated heterocycles. The van der Waals surface area contributed by atoms with Crippen LogP contribution in [-0.2, 0) is 27.2 Å². The molecule has 6 heteroatoms. The standard InChI is InChI=1S/C31H35N3O3/c1-2-34(28-11-7-4-8-12-28)30(36)23-25-13-16-27(17-14-25)32-31(37)26-19-21-33(22-20-26)29(35)18-15-24-9-5-3-6-10-24/h3-14,16-17,26H,2,15,18-23H2,1H3,(H,32,37). The Labute approximate surface area is 219 Å². The van der Waals surface area contributed by atoms with Crippen molar-refractivity contribution < 1.29 is 14.4 Å². The summed E-state index contributed by atoms with van der Waals surface area (Å²) in [7, 11) is 0. The topological polar surface area (TPSA) is 69.7 Å². The zero-order valence-electron chi connectivity index (χ0n) is 21.4. The highest BCUT2D eigenvalue weighted by Gasteiger charge is 2.27. The predicted molar refractivity (Wildman–Crippen MR) is 147 cm³/mol. The molecule has 6 nitrogen and oxygen atoms in total. The van der Waals surface area contributed by atoms with Crippen LogP contribution >= 0.6 is 0 Å². The van der Waals surface area contributed by atoms with Crippen LogP contribution in [0, 0.1) is 5.92 Å². The number of likely N-dealkylation sites (N-methyl/N-ethyl adjacent to an activating group) is 1. The minimum atomic E-state index is -0.108. The highest BCUT2D eigenvalue weighted by Crippen LogP contribution is 2.21. The van der Waals surface area contributed by atoms with Gasteiger partial charge >= 0.3 is 0 Å². The predicted octanol–water partition coefficient (Wildman–Crippen LogP) is 5.09. The second-order valence-corrected chi connectivity index (χ2v) is 9.48. The Morgan fingerprint density at radius 1 is 0.838 bits per heavy atom. The lowest BCUT2D eigenvalue weighted by Crippen LogP contribution is -2.41. The third-order valence-corrected chi connectivity index (χ3v) is 6.95. The Hall–Kier alpha value is -3.93. The maximum atomic E-state index is 12.8. The van der Waals surface area contributed by atoms with E-state index in [0.717, 1.165) is 23.4 Å². The van der Waals surface area contributed by atoms with Gasteiger partial charge in [-0.3, -0.25) is 14.4 Å². The lowest BCUT2D eigenvalue weighted by Gasteiger charge is -2.31. The minimum Gasteiger partial charge on any atom is -0.343 e. The van der Waals surface area contributed by atoms with Gasteiger partial charge < -0.3 is 15.1 Å². The molecule has 3 aromatic carbocycles. The first-order valence-electron chi connectivity index (χ1n) is 13.1. The van der Waals surface area contributed by atoms with Crippen LogP contribution in [0.25, 0.3) is 0 Å². The van der Waals surface area contributed by atoms with Crippen molar-refractivity contribution in [3.05, 3.63) is 96.1 Å². The smallest absolute Gasteiger partial charge is 0.231 e. The van der Waals surface area contributed by atoms with E-state index < -0.39 is 0 Å². The monoisotopic (exact) mass is 497 g/mol. The molecular weight excluding hydrogens is 462 g/mol. The maximum absolute atomic E-state index is 12.8. The van der Waals surface area contributed by atoms with Gasteiger partial charge in [-0.05, 0) is 61.6 Å². The van der Waals surface area contributed by atoms with E-state index in [4.69, 9.17) is 0 Å². The summed E-state index contributed by atoms with van der Waals surface area (Å²) in [6.07, 6.45) is 2.87. The number of nitrogens with one attached hydrogen (secondary N) is 1. The molecule has 192 valence electrons. The van der Waals surface area contributed by atoms with Gasteiger partial charge in [0.1, 0.15) is 0 Å². The Morgan fingerprint density at radius 2 is 1.46 bits per heavy atom. The number of hydrogen-bond donors (Lipinski definition) is 1. The summed E-state index contributed by atoms with van der Waals surface area (Å²) in [6, 6.07) is 27.2. The number of hydrogen-bond acceptors (Lipinski definition) is 3. The van der Waals surface area contributed by atoms with Gasteiger partial charge in [0, 0.05) is 43.3 Å². The van der Waals surface area contributed by atoms with E-state index >= 15 is 0 Å². The van der Waals surface area contributed by atoms with Crippen molar-refractivity contribution in [3.8, 4) is 0 Å². The van der Waals surface area contributed by atoms with Crippen LogP contribution in [0.2, 0.25) is 0 Å². The first-order valence-corrected chi connectivity index (χ1v) is 13.1. The van der Waals surface area contributed by atoms with E-state index in [-0.39, 0.29) is 23.6 Å². The molecule has 0 aromatic heterocycles. The highest BCUT2D eigenvalue weighted by atomic mass is 16.2. The minimum absolute atomic E-state index is 0.0125. The zero-order chi connectivity index (χ0) is 26.0. The summed E-state index contributed by atoms with van der Waals surface area (Å²) < 4.78 is 0. The fraction of sp³-hybridized carbons (Fsp3) is 0.323. The normalized spacial score (nSPS) is 13.7. The summed E-state index contributed by atoms with van der Waals surface area (Å²) in [6.45, 7) is 3.80. The number of anilines is 2. The molecule has 3 aromatic rings. The number of amides is 3. The number of carbonyl (C=O) groups is 3. The molecule has 0 spiro atoms. The molecule has 37 heavy (non-hydrogen) atoms. The van der Waals surface area contributed by atoms with E-state index in [1.807, 2.05) is 96.8 Å². The van der Waals surface area contributed by atoms with Gasteiger partial charge in [0.15, 0.2) is 0 Å². The summed E-state index contributed by atoms with van der Waals surface area (Å²) in [4.78, 5) is 41.9. The largest absolute Gasteiger partial charge is 0.343 e. The van der Waals surface area contributed by atoms with Gasteiger partial charge in [0.05, 0.1) is 6.42 Å². The first-order chi connectivity index (χ1) is 18.0. The Bertz CT molecular complexity index is 1170. The molecule has 0 unspecified atom stereocenters.